The van der Waals surface area contributed by atoms with Crippen LogP contribution in [0.5, 0.6) is 0 Å². The number of aromatic nitrogens is 1. The van der Waals surface area contributed by atoms with E-state index < -0.39 is 0 Å². The number of hydrogen-bond acceptors (Lipinski definition) is 1. The molecule has 1 heterocycles. The van der Waals surface area contributed by atoms with Gasteiger partial charge in [-0.05, 0) is 11.6 Å². The van der Waals surface area contributed by atoms with Crippen LogP contribution in [0.2, 0.25) is 0 Å². The molecule has 2 aromatic carbocycles. The van der Waals surface area contributed by atoms with Crippen LogP contribution >= 0.6 is 0 Å². The summed E-state index contributed by atoms with van der Waals surface area (Å²) in [7, 11) is 2.02. The van der Waals surface area contributed by atoms with E-state index in [0.29, 0.717) is 0 Å². The van der Waals surface area contributed by atoms with E-state index in [2.05, 4.69) is 16.8 Å². The highest BCUT2D eigenvalue weighted by atomic mass is 16.1. The number of ketones is 1. The van der Waals surface area contributed by atoms with Crippen LogP contribution in [0.1, 0.15) is 15.9 Å². The Hall–Kier alpha value is -2.35. The van der Waals surface area contributed by atoms with E-state index >= 15 is 0 Å². The predicted octanol–water partition coefficient (Wildman–Crippen LogP) is 3.39. The van der Waals surface area contributed by atoms with Crippen molar-refractivity contribution in [2.75, 3.05) is 0 Å². The Morgan fingerprint density at radius 2 is 1.56 bits per heavy atom. The fraction of sp³-hybridized carbons (Fsp3) is 0.0625. The summed E-state index contributed by atoms with van der Waals surface area (Å²) in [4.78, 5) is 12.5. The minimum absolute atomic E-state index is 0.134. The molecule has 0 unspecified atom stereocenters. The lowest BCUT2D eigenvalue weighted by Crippen LogP contribution is -2.08. The Kier molecular flexibility index (Phi) is 1.67. The lowest BCUT2D eigenvalue weighted by atomic mass is 9.86. The lowest BCUT2D eigenvalue weighted by Gasteiger charge is -2.15. The maximum atomic E-state index is 12.5. The lowest BCUT2D eigenvalue weighted by molar-refractivity contribution is 0.104. The molecule has 0 bridgehead atoms. The van der Waals surface area contributed by atoms with Gasteiger partial charge >= 0.3 is 0 Å². The van der Waals surface area contributed by atoms with Crippen molar-refractivity contribution in [3.8, 4) is 11.1 Å². The third-order valence-corrected chi connectivity index (χ3v) is 3.72. The molecule has 4 rings (SSSR count). The molecule has 2 heteroatoms. The van der Waals surface area contributed by atoms with Crippen LogP contribution in [0.3, 0.4) is 0 Å². The first kappa shape index (κ1) is 9.66. The Morgan fingerprint density at radius 3 is 2.39 bits per heavy atom. The van der Waals surface area contributed by atoms with Gasteiger partial charge in [0.15, 0.2) is 5.78 Å². The number of carbonyl (C=O) groups excluding carboxylic acids is 1. The minimum atomic E-state index is 0.134. The third kappa shape index (κ3) is 1.00. The maximum absolute atomic E-state index is 12.5. The molecule has 1 aromatic heterocycles. The van der Waals surface area contributed by atoms with Gasteiger partial charge < -0.3 is 4.57 Å². The molecule has 0 aliphatic heterocycles. The van der Waals surface area contributed by atoms with Crippen molar-refractivity contribution in [2.45, 2.75) is 0 Å². The standard InChI is InChI=1S/C16H11NO/c1-17-9-13-10-5-2-3-6-11(10)16(18)12-7-4-8-14(17)15(12)13/h2-9H,1H3. The molecular formula is C16H11NO. The van der Waals surface area contributed by atoms with Crippen molar-refractivity contribution in [1.82, 2.24) is 4.57 Å². The van der Waals surface area contributed by atoms with E-state index in [1.165, 1.54) is 5.56 Å². The number of benzene rings is 2. The zero-order chi connectivity index (χ0) is 12.3. The summed E-state index contributed by atoms with van der Waals surface area (Å²) >= 11 is 0. The van der Waals surface area contributed by atoms with Crippen LogP contribution in [-0.2, 0) is 7.05 Å². The maximum Gasteiger partial charge on any atom is 0.194 e. The molecule has 0 spiro atoms. The van der Waals surface area contributed by atoms with Crippen LogP contribution < -0.4 is 0 Å². The molecule has 0 atom stereocenters. The van der Waals surface area contributed by atoms with Crippen molar-refractivity contribution >= 4 is 16.7 Å². The molecule has 0 saturated carbocycles. The molecule has 1 aliphatic rings. The van der Waals surface area contributed by atoms with Crippen molar-refractivity contribution in [2.24, 2.45) is 7.05 Å². The molecule has 0 amide bonds. The molecule has 0 fully saturated rings. The SMILES string of the molecule is Cn1cc2c3c(cccc31)C(=O)c1ccccc1-2. The highest BCUT2D eigenvalue weighted by molar-refractivity contribution is 6.25. The second-order valence-corrected chi connectivity index (χ2v) is 4.73. The Morgan fingerprint density at radius 1 is 0.833 bits per heavy atom. The van der Waals surface area contributed by atoms with Gasteiger partial charge in [-0.15, -0.1) is 0 Å². The van der Waals surface area contributed by atoms with Crippen molar-refractivity contribution in [3.05, 3.63) is 59.8 Å². The third-order valence-electron chi connectivity index (χ3n) is 3.72. The summed E-state index contributed by atoms with van der Waals surface area (Å²) in [5, 5.41) is 1.09. The fourth-order valence-electron chi connectivity index (χ4n) is 2.90. The van der Waals surface area contributed by atoms with E-state index in [1.54, 1.807) is 0 Å². The van der Waals surface area contributed by atoms with Crippen molar-refractivity contribution in [1.29, 1.82) is 0 Å². The molecular weight excluding hydrogens is 222 g/mol. The van der Waals surface area contributed by atoms with Gasteiger partial charge in [-0.2, -0.15) is 0 Å². The average Bonchev–Trinajstić information content (AvgIpc) is 2.75. The van der Waals surface area contributed by atoms with E-state index in [4.69, 9.17) is 0 Å². The van der Waals surface area contributed by atoms with Crippen LogP contribution in [-0.4, -0.2) is 10.4 Å². The molecule has 2 nitrogen and oxygen atoms in total. The van der Waals surface area contributed by atoms with Crippen LogP contribution in [0.25, 0.3) is 22.0 Å². The number of hydrogen-bond donors (Lipinski definition) is 0. The summed E-state index contributed by atoms with van der Waals surface area (Å²) in [6.07, 6.45) is 2.11. The van der Waals surface area contributed by atoms with Gasteiger partial charge in [0, 0.05) is 40.8 Å². The van der Waals surface area contributed by atoms with E-state index in [9.17, 15) is 4.79 Å². The first-order valence-electron chi connectivity index (χ1n) is 5.99. The quantitative estimate of drug-likeness (QED) is 0.456. The highest BCUT2D eigenvalue weighted by Crippen LogP contribution is 2.39. The Labute approximate surface area is 104 Å². The van der Waals surface area contributed by atoms with Gasteiger partial charge in [0.1, 0.15) is 0 Å². The number of carbonyl (C=O) groups is 1. The normalized spacial score (nSPS) is 12.8. The molecule has 0 saturated heterocycles. The van der Waals surface area contributed by atoms with E-state index in [-0.39, 0.29) is 5.78 Å². The van der Waals surface area contributed by atoms with Gasteiger partial charge in [-0.25, -0.2) is 0 Å². The minimum Gasteiger partial charge on any atom is -0.350 e. The second-order valence-electron chi connectivity index (χ2n) is 4.73. The molecule has 18 heavy (non-hydrogen) atoms. The van der Waals surface area contributed by atoms with Gasteiger partial charge in [0.05, 0.1) is 0 Å². The van der Waals surface area contributed by atoms with Crippen molar-refractivity contribution in [3.63, 3.8) is 0 Å². The largest absolute Gasteiger partial charge is 0.350 e. The first-order chi connectivity index (χ1) is 8.77. The zero-order valence-electron chi connectivity index (χ0n) is 9.97. The number of nitrogens with zero attached hydrogens (tertiary/aromatic N) is 1. The van der Waals surface area contributed by atoms with Gasteiger partial charge in [-0.3, -0.25) is 4.79 Å². The summed E-state index contributed by atoms with van der Waals surface area (Å²) in [6, 6.07) is 13.8. The smallest absolute Gasteiger partial charge is 0.194 e. The van der Waals surface area contributed by atoms with E-state index in [1.807, 2.05) is 43.4 Å². The summed E-state index contributed by atoms with van der Waals surface area (Å²) in [6.45, 7) is 0. The number of fused-ring (bicyclic) bond motifs is 2. The van der Waals surface area contributed by atoms with Crippen LogP contribution in [0.4, 0.5) is 0 Å². The molecule has 3 aromatic rings. The Bertz CT molecular complexity index is 811. The summed E-state index contributed by atoms with van der Waals surface area (Å²) < 4.78 is 2.09. The fourth-order valence-corrected chi connectivity index (χ4v) is 2.90. The predicted molar refractivity (Wildman–Crippen MR) is 71.8 cm³/mol. The molecule has 0 N–H and O–H groups in total. The highest BCUT2D eigenvalue weighted by Gasteiger charge is 2.26. The average molecular weight is 233 g/mol. The zero-order valence-corrected chi connectivity index (χ0v) is 9.97. The number of rotatable bonds is 0. The summed E-state index contributed by atoms with van der Waals surface area (Å²) in [5.74, 6) is 0.134. The van der Waals surface area contributed by atoms with Crippen molar-refractivity contribution < 1.29 is 4.79 Å². The monoisotopic (exact) mass is 233 g/mol. The number of aryl methyl sites for hydroxylation is 1. The Balaban J connectivity index is 2.28. The van der Waals surface area contributed by atoms with Crippen LogP contribution in [0.15, 0.2) is 48.7 Å². The summed E-state index contributed by atoms with van der Waals surface area (Å²) in [5.41, 5.74) is 4.96. The molecule has 0 radical (unpaired) electrons. The molecule has 86 valence electrons. The van der Waals surface area contributed by atoms with Gasteiger partial charge in [0.25, 0.3) is 0 Å². The van der Waals surface area contributed by atoms with Gasteiger partial charge in [-0.1, -0.05) is 36.4 Å². The van der Waals surface area contributed by atoms with Crippen LogP contribution in [0, 0.1) is 0 Å². The second kappa shape index (κ2) is 3.10. The topological polar surface area (TPSA) is 22.0 Å². The van der Waals surface area contributed by atoms with E-state index in [0.717, 1.165) is 27.6 Å². The first-order valence-corrected chi connectivity index (χ1v) is 5.99. The molecule has 1 aliphatic carbocycles. The van der Waals surface area contributed by atoms with Gasteiger partial charge in [0.2, 0.25) is 0 Å².